The highest BCUT2D eigenvalue weighted by molar-refractivity contribution is 5.76. The van der Waals surface area contributed by atoms with Gasteiger partial charge in [0.1, 0.15) is 0 Å². The average Bonchev–Trinajstić information content (AvgIpc) is 2.61. The van der Waals surface area contributed by atoms with E-state index in [0.717, 1.165) is 50.3 Å². The van der Waals surface area contributed by atoms with Gasteiger partial charge in [-0.3, -0.25) is 0 Å². The third-order valence-corrected chi connectivity index (χ3v) is 5.53. The van der Waals surface area contributed by atoms with E-state index in [2.05, 4.69) is 6.58 Å². The Morgan fingerprint density at radius 1 is 0.920 bits per heavy atom. The molecule has 0 spiro atoms. The van der Waals surface area contributed by atoms with Crippen molar-refractivity contribution >= 4 is 5.57 Å². The molecule has 0 aliphatic heterocycles. The van der Waals surface area contributed by atoms with Crippen molar-refractivity contribution < 1.29 is 17.6 Å². The number of allylic oxidation sites excluding steroid dienone is 5. The first-order valence-corrected chi connectivity index (χ1v) is 8.65. The Morgan fingerprint density at radius 3 is 2.08 bits per heavy atom. The fourth-order valence-corrected chi connectivity index (χ4v) is 3.73. The van der Waals surface area contributed by atoms with Crippen molar-refractivity contribution in [1.82, 2.24) is 0 Å². The highest BCUT2D eigenvalue weighted by Gasteiger charge is 2.60. The summed E-state index contributed by atoms with van der Waals surface area (Å²) in [7, 11) is 0. The van der Waals surface area contributed by atoms with Gasteiger partial charge in [-0.1, -0.05) is 42.5 Å². The molecule has 25 heavy (non-hydrogen) atoms. The van der Waals surface area contributed by atoms with Crippen LogP contribution < -0.4 is 0 Å². The number of rotatable bonds is 3. The van der Waals surface area contributed by atoms with E-state index in [1.54, 1.807) is 24.3 Å². The van der Waals surface area contributed by atoms with E-state index in [1.807, 2.05) is 6.08 Å². The highest BCUT2D eigenvalue weighted by atomic mass is 19.3. The lowest BCUT2D eigenvalue weighted by Gasteiger charge is -2.32. The van der Waals surface area contributed by atoms with Gasteiger partial charge in [-0.15, -0.1) is 6.58 Å². The molecule has 1 aromatic carbocycles. The molecular formula is C21H22F4. The van der Waals surface area contributed by atoms with Crippen molar-refractivity contribution in [3.63, 3.8) is 0 Å². The molecule has 0 bridgehead atoms. The summed E-state index contributed by atoms with van der Waals surface area (Å²) in [6.07, 6.45) is 8.41. The summed E-state index contributed by atoms with van der Waals surface area (Å²) in [4.78, 5) is 0. The van der Waals surface area contributed by atoms with Crippen molar-refractivity contribution in [1.29, 1.82) is 0 Å². The van der Waals surface area contributed by atoms with Gasteiger partial charge in [0.2, 0.25) is 0 Å². The molecule has 1 aromatic rings. The smallest absolute Gasteiger partial charge is 0.194 e. The lowest BCUT2D eigenvalue weighted by Crippen LogP contribution is -2.43. The van der Waals surface area contributed by atoms with Gasteiger partial charge in [0, 0.05) is 11.1 Å². The number of halogens is 4. The van der Waals surface area contributed by atoms with Crippen LogP contribution in [0.2, 0.25) is 0 Å². The SMILES string of the molecule is C=CC1CCC(c2ccc(C3=CC=C(C)C(F)(F)C3(F)F)cc2)CC1. The molecular weight excluding hydrogens is 328 g/mol. The van der Waals surface area contributed by atoms with Gasteiger partial charge in [0.15, 0.2) is 0 Å². The summed E-state index contributed by atoms with van der Waals surface area (Å²) in [6, 6.07) is 6.68. The summed E-state index contributed by atoms with van der Waals surface area (Å²) in [5.41, 5.74) is 0.00304. The van der Waals surface area contributed by atoms with Gasteiger partial charge in [-0.05, 0) is 55.6 Å². The predicted molar refractivity (Wildman–Crippen MR) is 93.0 cm³/mol. The third kappa shape index (κ3) is 3.07. The molecule has 0 N–H and O–H groups in total. The molecule has 0 aromatic heterocycles. The van der Waals surface area contributed by atoms with Crippen LogP contribution in [-0.2, 0) is 0 Å². The maximum atomic E-state index is 14.3. The van der Waals surface area contributed by atoms with Crippen molar-refractivity contribution in [2.45, 2.75) is 50.4 Å². The first-order chi connectivity index (χ1) is 11.8. The fourth-order valence-electron chi connectivity index (χ4n) is 3.73. The van der Waals surface area contributed by atoms with E-state index >= 15 is 0 Å². The Kier molecular flexibility index (Phi) is 4.65. The minimum absolute atomic E-state index is 0.150. The second-order valence-electron chi connectivity index (χ2n) is 7.05. The van der Waals surface area contributed by atoms with Gasteiger partial charge in [0.05, 0.1) is 0 Å². The van der Waals surface area contributed by atoms with Crippen LogP contribution in [0, 0.1) is 5.92 Å². The van der Waals surface area contributed by atoms with Crippen LogP contribution in [0.5, 0.6) is 0 Å². The number of alkyl halides is 4. The molecule has 2 aliphatic carbocycles. The Hall–Kier alpha value is -1.84. The largest absolute Gasteiger partial charge is 0.339 e. The van der Waals surface area contributed by atoms with E-state index in [-0.39, 0.29) is 5.56 Å². The maximum Gasteiger partial charge on any atom is 0.339 e. The Balaban J connectivity index is 1.82. The normalized spacial score (nSPS) is 28.0. The minimum atomic E-state index is -4.20. The lowest BCUT2D eigenvalue weighted by atomic mass is 9.78. The van der Waals surface area contributed by atoms with Crippen LogP contribution in [0.4, 0.5) is 17.6 Å². The fraction of sp³-hybridized carbons (Fsp3) is 0.429. The number of hydrogen-bond donors (Lipinski definition) is 0. The second kappa shape index (κ2) is 6.47. The van der Waals surface area contributed by atoms with E-state index in [0.29, 0.717) is 11.8 Å². The first kappa shape index (κ1) is 18.0. The van der Waals surface area contributed by atoms with Crippen LogP contribution in [0.15, 0.2) is 54.6 Å². The average molecular weight is 350 g/mol. The van der Waals surface area contributed by atoms with Crippen LogP contribution in [0.1, 0.15) is 49.7 Å². The first-order valence-electron chi connectivity index (χ1n) is 8.65. The standard InChI is InChI=1S/C21H22F4/c1-3-15-5-7-16(8-6-15)17-9-11-18(12-10-17)19-13-4-14(2)20(22,23)21(19,24)25/h3-4,9-13,15-16H,1,5-8H2,2H3. The molecule has 0 amide bonds. The molecule has 2 aliphatic rings. The summed E-state index contributed by atoms with van der Waals surface area (Å²) < 4.78 is 56.3. The lowest BCUT2D eigenvalue weighted by molar-refractivity contribution is -0.148. The zero-order chi connectivity index (χ0) is 18.2. The summed E-state index contributed by atoms with van der Waals surface area (Å²) in [5, 5.41) is 0. The molecule has 0 atom stereocenters. The Bertz CT molecular complexity index is 702. The van der Waals surface area contributed by atoms with Crippen LogP contribution >= 0.6 is 0 Å². The Labute approximate surface area is 145 Å². The van der Waals surface area contributed by atoms with Crippen LogP contribution in [0.3, 0.4) is 0 Å². The minimum Gasteiger partial charge on any atom is -0.194 e. The molecule has 0 unspecified atom stereocenters. The van der Waals surface area contributed by atoms with Gasteiger partial charge in [0.25, 0.3) is 0 Å². The second-order valence-corrected chi connectivity index (χ2v) is 7.05. The van der Waals surface area contributed by atoms with Crippen molar-refractivity contribution in [2.24, 2.45) is 5.92 Å². The quantitative estimate of drug-likeness (QED) is 0.417. The third-order valence-electron chi connectivity index (χ3n) is 5.53. The van der Waals surface area contributed by atoms with E-state index in [1.165, 1.54) is 0 Å². The van der Waals surface area contributed by atoms with Crippen LogP contribution in [0.25, 0.3) is 5.57 Å². The van der Waals surface area contributed by atoms with Crippen molar-refractivity contribution in [3.8, 4) is 0 Å². The van der Waals surface area contributed by atoms with Gasteiger partial charge >= 0.3 is 11.8 Å². The van der Waals surface area contributed by atoms with Gasteiger partial charge in [-0.2, -0.15) is 17.6 Å². The Morgan fingerprint density at radius 2 is 1.52 bits per heavy atom. The highest BCUT2D eigenvalue weighted by Crippen LogP contribution is 2.50. The summed E-state index contributed by atoms with van der Waals surface area (Å²) >= 11 is 0. The molecule has 0 saturated heterocycles. The molecule has 1 fully saturated rings. The molecule has 0 radical (unpaired) electrons. The van der Waals surface area contributed by atoms with E-state index in [9.17, 15) is 17.6 Å². The molecule has 0 nitrogen and oxygen atoms in total. The molecule has 4 heteroatoms. The number of benzene rings is 1. The zero-order valence-corrected chi connectivity index (χ0v) is 14.2. The monoisotopic (exact) mass is 350 g/mol. The zero-order valence-electron chi connectivity index (χ0n) is 14.2. The van der Waals surface area contributed by atoms with E-state index < -0.39 is 23.0 Å². The number of hydrogen-bond acceptors (Lipinski definition) is 0. The van der Waals surface area contributed by atoms with Gasteiger partial charge < -0.3 is 0 Å². The molecule has 3 rings (SSSR count). The van der Waals surface area contributed by atoms with Crippen molar-refractivity contribution in [2.75, 3.05) is 0 Å². The molecule has 134 valence electrons. The topological polar surface area (TPSA) is 0 Å². The summed E-state index contributed by atoms with van der Waals surface area (Å²) in [6.45, 7) is 4.86. The summed E-state index contributed by atoms with van der Waals surface area (Å²) in [5.74, 6) is -7.40. The van der Waals surface area contributed by atoms with Gasteiger partial charge in [-0.25, -0.2) is 0 Å². The van der Waals surface area contributed by atoms with E-state index in [4.69, 9.17) is 0 Å². The van der Waals surface area contributed by atoms with Crippen LogP contribution in [-0.4, -0.2) is 11.8 Å². The van der Waals surface area contributed by atoms with Crippen molar-refractivity contribution in [3.05, 3.63) is 65.8 Å². The molecule has 0 heterocycles. The predicted octanol–water partition coefficient (Wildman–Crippen LogP) is 6.76. The maximum absolute atomic E-state index is 14.3. The molecule has 1 saturated carbocycles.